The Bertz CT molecular complexity index is 1180. The van der Waals surface area contributed by atoms with E-state index in [-0.39, 0.29) is 24.4 Å². The zero-order valence-electron chi connectivity index (χ0n) is 19.8. The maximum absolute atomic E-state index is 13.6. The maximum atomic E-state index is 13.6. The van der Waals surface area contributed by atoms with Crippen LogP contribution in [-0.2, 0) is 9.53 Å². The van der Waals surface area contributed by atoms with Gasteiger partial charge in [0.2, 0.25) is 0 Å². The molecule has 1 atom stereocenters. The molecule has 0 radical (unpaired) electrons. The van der Waals surface area contributed by atoms with Crippen molar-refractivity contribution in [2.45, 2.75) is 12.5 Å². The van der Waals surface area contributed by atoms with E-state index in [9.17, 15) is 9.59 Å². The largest absolute Gasteiger partial charge is 0.493 e. The molecule has 1 aliphatic heterocycles. The summed E-state index contributed by atoms with van der Waals surface area (Å²) in [6.07, 6.45) is 0.554. The Morgan fingerprint density at radius 3 is 2.49 bits per heavy atom. The Balaban J connectivity index is 1.63. The molecule has 0 spiro atoms. The second-order valence-corrected chi connectivity index (χ2v) is 9.69. The fourth-order valence-corrected chi connectivity index (χ4v) is 5.31. The molecule has 1 aliphatic rings. The van der Waals surface area contributed by atoms with Gasteiger partial charge in [-0.05, 0) is 40.6 Å². The number of benzene rings is 1. The van der Waals surface area contributed by atoms with Crippen molar-refractivity contribution in [2.75, 3.05) is 41.0 Å². The van der Waals surface area contributed by atoms with Gasteiger partial charge in [0.1, 0.15) is 6.54 Å². The second-order valence-electron chi connectivity index (χ2n) is 7.79. The summed E-state index contributed by atoms with van der Waals surface area (Å²) in [5.74, 6) is 0.724. The highest BCUT2D eigenvalue weighted by Crippen LogP contribution is 2.38. The molecule has 10 heteroatoms. The molecule has 0 N–H and O–H groups in total. The van der Waals surface area contributed by atoms with Gasteiger partial charge in [-0.3, -0.25) is 9.59 Å². The molecule has 1 aromatic carbocycles. The summed E-state index contributed by atoms with van der Waals surface area (Å²) in [5, 5.41) is 10.0. The molecule has 3 aromatic rings. The standard InChI is InChI=1S/C25H27N3O5S2/c1-31-11-10-27(25(30)23-7-5-13-35-23)16-24(29)28-19(15-18(26-28)22-6-4-12-34-22)17-8-9-20(32-2)21(14-17)33-3/h4-9,12-14,19H,10-11,15-16H2,1-3H3. The van der Waals surface area contributed by atoms with Crippen LogP contribution in [0.2, 0.25) is 0 Å². The van der Waals surface area contributed by atoms with E-state index in [1.807, 2.05) is 47.2 Å². The quantitative estimate of drug-likeness (QED) is 0.404. The molecule has 0 saturated heterocycles. The first kappa shape index (κ1) is 24.9. The average Bonchev–Trinajstić information content (AvgIpc) is 3.67. The van der Waals surface area contributed by atoms with Gasteiger partial charge in [-0.2, -0.15) is 5.10 Å². The van der Waals surface area contributed by atoms with Gasteiger partial charge in [-0.25, -0.2) is 5.01 Å². The lowest BCUT2D eigenvalue weighted by Crippen LogP contribution is -2.42. The smallest absolute Gasteiger partial charge is 0.264 e. The highest BCUT2D eigenvalue weighted by Gasteiger charge is 2.35. The van der Waals surface area contributed by atoms with Crippen molar-refractivity contribution in [3.05, 3.63) is 68.5 Å². The SMILES string of the molecule is COCCN(CC(=O)N1N=C(c2cccs2)CC1c1ccc(OC)c(OC)c1)C(=O)c1cccs1. The van der Waals surface area contributed by atoms with Gasteiger partial charge in [0, 0.05) is 20.1 Å². The number of hydrogen-bond acceptors (Lipinski definition) is 8. The number of nitrogens with zero attached hydrogens (tertiary/aromatic N) is 3. The molecule has 2 amide bonds. The van der Waals surface area contributed by atoms with Crippen molar-refractivity contribution in [2.24, 2.45) is 5.10 Å². The molecule has 35 heavy (non-hydrogen) atoms. The highest BCUT2D eigenvalue weighted by molar-refractivity contribution is 7.12. The van der Waals surface area contributed by atoms with Gasteiger partial charge in [-0.15, -0.1) is 22.7 Å². The molecule has 1 unspecified atom stereocenters. The second kappa shape index (κ2) is 11.5. The monoisotopic (exact) mass is 513 g/mol. The Morgan fingerprint density at radius 2 is 1.83 bits per heavy atom. The topological polar surface area (TPSA) is 80.7 Å². The molecule has 3 heterocycles. The van der Waals surface area contributed by atoms with Crippen LogP contribution in [0.15, 0.2) is 58.3 Å². The van der Waals surface area contributed by atoms with Gasteiger partial charge in [0.05, 0.1) is 42.3 Å². The third-order valence-corrected chi connectivity index (χ3v) is 7.45. The van der Waals surface area contributed by atoms with Crippen LogP contribution < -0.4 is 9.47 Å². The normalized spacial score (nSPS) is 15.1. The number of rotatable bonds is 10. The molecule has 184 valence electrons. The number of methoxy groups -OCH3 is 3. The summed E-state index contributed by atoms with van der Waals surface area (Å²) in [6.45, 7) is 0.521. The molecule has 8 nitrogen and oxygen atoms in total. The minimum Gasteiger partial charge on any atom is -0.493 e. The number of ether oxygens (including phenoxy) is 3. The van der Waals surface area contributed by atoms with E-state index in [0.717, 1.165) is 16.2 Å². The summed E-state index contributed by atoms with van der Waals surface area (Å²) >= 11 is 2.93. The predicted octanol–water partition coefficient (Wildman–Crippen LogP) is 4.29. The first-order valence-corrected chi connectivity index (χ1v) is 12.8. The van der Waals surface area contributed by atoms with Crippen molar-refractivity contribution in [3.63, 3.8) is 0 Å². The number of hydrogen-bond donors (Lipinski definition) is 0. The summed E-state index contributed by atoms with van der Waals surface area (Å²) < 4.78 is 16.0. The number of hydrazone groups is 1. The van der Waals surface area contributed by atoms with Crippen molar-refractivity contribution >= 4 is 40.2 Å². The zero-order chi connectivity index (χ0) is 24.8. The predicted molar refractivity (Wildman–Crippen MR) is 137 cm³/mol. The Labute approximate surface area is 212 Å². The number of amides is 2. The van der Waals surface area contributed by atoms with E-state index in [0.29, 0.717) is 35.9 Å². The number of thiophene rings is 2. The van der Waals surface area contributed by atoms with Crippen molar-refractivity contribution in [3.8, 4) is 11.5 Å². The minimum atomic E-state index is -0.333. The van der Waals surface area contributed by atoms with Gasteiger partial charge < -0.3 is 19.1 Å². The zero-order valence-corrected chi connectivity index (χ0v) is 21.4. The molecule has 0 aliphatic carbocycles. The molecule has 0 fully saturated rings. The lowest BCUT2D eigenvalue weighted by Gasteiger charge is -2.27. The Hall–Kier alpha value is -3.21. The minimum absolute atomic E-state index is 0.106. The van der Waals surface area contributed by atoms with Gasteiger partial charge >= 0.3 is 0 Å². The summed E-state index contributed by atoms with van der Waals surface area (Å²) in [6, 6.07) is 12.8. The van der Waals surface area contributed by atoms with E-state index in [1.165, 1.54) is 21.2 Å². The number of carbonyl (C=O) groups is 2. The van der Waals surface area contributed by atoms with Gasteiger partial charge in [-0.1, -0.05) is 18.2 Å². The Morgan fingerprint density at radius 1 is 1.06 bits per heavy atom. The molecule has 0 bridgehead atoms. The van der Waals surface area contributed by atoms with Crippen LogP contribution in [0, 0.1) is 0 Å². The first-order valence-electron chi connectivity index (χ1n) is 11.0. The van der Waals surface area contributed by atoms with E-state index >= 15 is 0 Å². The Kier molecular flexibility index (Phi) is 8.17. The lowest BCUT2D eigenvalue weighted by molar-refractivity contribution is -0.133. The van der Waals surface area contributed by atoms with Crippen molar-refractivity contribution < 1.29 is 23.8 Å². The van der Waals surface area contributed by atoms with Gasteiger partial charge in [0.25, 0.3) is 11.8 Å². The van der Waals surface area contributed by atoms with E-state index in [1.54, 1.807) is 38.7 Å². The van der Waals surface area contributed by atoms with Crippen LogP contribution in [0.5, 0.6) is 11.5 Å². The molecule has 0 saturated carbocycles. The molecule has 2 aromatic heterocycles. The molecular formula is C25H27N3O5S2. The van der Waals surface area contributed by atoms with E-state index in [4.69, 9.17) is 19.3 Å². The van der Waals surface area contributed by atoms with Crippen LogP contribution in [0.3, 0.4) is 0 Å². The van der Waals surface area contributed by atoms with Crippen LogP contribution in [0.1, 0.15) is 32.6 Å². The van der Waals surface area contributed by atoms with Crippen LogP contribution >= 0.6 is 22.7 Å². The van der Waals surface area contributed by atoms with Crippen LogP contribution in [0.25, 0.3) is 0 Å². The molecule has 4 rings (SSSR count). The summed E-state index contributed by atoms with van der Waals surface area (Å²) in [4.78, 5) is 29.8. The highest BCUT2D eigenvalue weighted by atomic mass is 32.1. The van der Waals surface area contributed by atoms with Crippen molar-refractivity contribution in [1.29, 1.82) is 0 Å². The van der Waals surface area contributed by atoms with Crippen molar-refractivity contribution in [1.82, 2.24) is 9.91 Å². The molecular weight excluding hydrogens is 486 g/mol. The fourth-order valence-electron chi connectivity index (χ4n) is 3.90. The third kappa shape index (κ3) is 5.55. The number of carbonyl (C=O) groups excluding carboxylic acids is 2. The average molecular weight is 514 g/mol. The summed E-state index contributed by atoms with van der Waals surface area (Å²) in [7, 11) is 4.73. The first-order chi connectivity index (χ1) is 17.0. The lowest BCUT2D eigenvalue weighted by atomic mass is 10.0. The fraction of sp³-hybridized carbons (Fsp3) is 0.320. The summed E-state index contributed by atoms with van der Waals surface area (Å²) in [5.41, 5.74) is 1.71. The third-order valence-electron chi connectivity index (χ3n) is 5.67. The van der Waals surface area contributed by atoms with E-state index in [2.05, 4.69) is 0 Å². The maximum Gasteiger partial charge on any atom is 0.264 e. The van der Waals surface area contributed by atoms with E-state index < -0.39 is 0 Å². The van der Waals surface area contributed by atoms with Gasteiger partial charge in [0.15, 0.2) is 11.5 Å². The van der Waals surface area contributed by atoms with Crippen LogP contribution in [0.4, 0.5) is 0 Å². The van der Waals surface area contributed by atoms with Crippen LogP contribution in [-0.4, -0.2) is 68.5 Å².